The molecule has 0 saturated carbocycles. The van der Waals surface area contributed by atoms with E-state index in [1.807, 2.05) is 12.3 Å². The summed E-state index contributed by atoms with van der Waals surface area (Å²) in [6.07, 6.45) is 1.60. The topological polar surface area (TPSA) is 66.9 Å². The number of pyridine rings is 1. The van der Waals surface area contributed by atoms with Crippen LogP contribution in [0.2, 0.25) is 0 Å². The predicted octanol–water partition coefficient (Wildman–Crippen LogP) is 3.67. The van der Waals surface area contributed by atoms with Crippen LogP contribution < -0.4 is 4.74 Å². The predicted molar refractivity (Wildman–Crippen MR) is 96.9 cm³/mol. The van der Waals surface area contributed by atoms with Crippen LogP contribution in [0.25, 0.3) is 11.0 Å². The number of piperidine rings is 1. The lowest BCUT2D eigenvalue weighted by molar-refractivity contribution is -0.154. The lowest BCUT2D eigenvalue weighted by Gasteiger charge is -2.32. The van der Waals surface area contributed by atoms with Gasteiger partial charge in [-0.3, -0.25) is 4.90 Å². The van der Waals surface area contributed by atoms with Crippen LogP contribution in [0.5, 0.6) is 5.88 Å². The molecule has 148 valence electrons. The van der Waals surface area contributed by atoms with Crippen molar-refractivity contribution in [1.82, 2.24) is 25.1 Å². The normalized spacial score (nSPS) is 18.5. The Bertz CT molecular complexity index is 925. The van der Waals surface area contributed by atoms with Crippen LogP contribution in [0.1, 0.15) is 30.0 Å². The number of hydrogen-bond donors (Lipinski definition) is 1. The second-order valence-electron chi connectivity index (χ2n) is 6.98. The van der Waals surface area contributed by atoms with E-state index < -0.39 is 12.8 Å². The third kappa shape index (κ3) is 4.41. The number of nitrogens with one attached hydrogen (secondary N) is 1. The van der Waals surface area contributed by atoms with Gasteiger partial charge < -0.3 is 9.72 Å². The molecule has 6 nitrogen and oxygen atoms in total. The smallest absolute Gasteiger partial charge is 0.422 e. The van der Waals surface area contributed by atoms with Crippen LogP contribution in [-0.4, -0.2) is 50.9 Å². The van der Waals surface area contributed by atoms with Crippen LogP contribution in [-0.2, 0) is 6.54 Å². The van der Waals surface area contributed by atoms with Crippen molar-refractivity contribution >= 4 is 11.0 Å². The number of alkyl halides is 3. The van der Waals surface area contributed by atoms with E-state index in [0.717, 1.165) is 37.0 Å². The van der Waals surface area contributed by atoms with Crippen LogP contribution >= 0.6 is 0 Å². The Hall–Kier alpha value is -2.68. The summed E-state index contributed by atoms with van der Waals surface area (Å²) >= 11 is 0. The number of fused-ring (bicyclic) bond motifs is 1. The molecule has 1 unspecified atom stereocenters. The Morgan fingerprint density at radius 1 is 1.21 bits per heavy atom. The Kier molecular flexibility index (Phi) is 5.17. The van der Waals surface area contributed by atoms with Crippen molar-refractivity contribution in [2.45, 2.75) is 31.5 Å². The molecule has 1 aliphatic rings. The summed E-state index contributed by atoms with van der Waals surface area (Å²) in [5.41, 5.74) is 2.88. The Morgan fingerprint density at radius 2 is 2.11 bits per heavy atom. The molecule has 3 aromatic heterocycles. The van der Waals surface area contributed by atoms with Gasteiger partial charge in [-0.1, -0.05) is 0 Å². The lowest BCUT2D eigenvalue weighted by atomic mass is 9.90. The Morgan fingerprint density at radius 3 is 2.89 bits per heavy atom. The molecule has 1 aliphatic heterocycles. The number of rotatable bonds is 5. The van der Waals surface area contributed by atoms with E-state index in [4.69, 9.17) is 0 Å². The van der Waals surface area contributed by atoms with E-state index >= 15 is 0 Å². The van der Waals surface area contributed by atoms with Crippen molar-refractivity contribution in [3.8, 4) is 5.88 Å². The molecule has 4 heterocycles. The molecule has 1 saturated heterocycles. The first-order chi connectivity index (χ1) is 13.5. The summed E-state index contributed by atoms with van der Waals surface area (Å²) < 4.78 is 41.2. The second kappa shape index (κ2) is 7.75. The highest BCUT2D eigenvalue weighted by Crippen LogP contribution is 2.32. The SMILES string of the molecule is FC(F)(F)COc1ccc(CN2CCCC(c3c[nH]c4ncccc34)C2)nn1. The van der Waals surface area contributed by atoms with Gasteiger partial charge in [-0.15, -0.1) is 5.10 Å². The molecule has 0 aromatic carbocycles. The number of H-pyrrole nitrogens is 1. The van der Waals surface area contributed by atoms with Crippen LogP contribution in [0.15, 0.2) is 36.7 Å². The molecule has 4 rings (SSSR count). The zero-order valence-corrected chi connectivity index (χ0v) is 15.1. The van der Waals surface area contributed by atoms with Crippen LogP contribution in [0.4, 0.5) is 13.2 Å². The van der Waals surface area contributed by atoms with Gasteiger partial charge in [-0.2, -0.15) is 18.3 Å². The molecular formula is C19H20F3N5O. The van der Waals surface area contributed by atoms with Crippen molar-refractivity contribution in [2.75, 3.05) is 19.7 Å². The summed E-state index contributed by atoms with van der Waals surface area (Å²) in [5, 5.41) is 8.91. The average Bonchev–Trinajstić information content (AvgIpc) is 3.11. The Labute approximate surface area is 159 Å². The van der Waals surface area contributed by atoms with Crippen molar-refractivity contribution in [1.29, 1.82) is 0 Å². The molecule has 0 radical (unpaired) electrons. The standard InChI is InChI=1S/C19H20F3N5O/c20-19(21,22)12-28-17-6-5-14(25-26-17)11-27-8-2-3-13(10-27)16-9-24-18-15(16)4-1-7-23-18/h1,4-7,9,13H,2-3,8,10-12H2,(H,23,24). The van der Waals surface area contributed by atoms with Crippen molar-refractivity contribution < 1.29 is 17.9 Å². The van der Waals surface area contributed by atoms with Gasteiger partial charge in [0.2, 0.25) is 5.88 Å². The number of halogens is 3. The van der Waals surface area contributed by atoms with Gasteiger partial charge in [0.15, 0.2) is 6.61 Å². The van der Waals surface area contributed by atoms with Gasteiger partial charge in [0.25, 0.3) is 0 Å². The molecule has 0 amide bonds. The van der Waals surface area contributed by atoms with Crippen LogP contribution in [0.3, 0.4) is 0 Å². The number of aromatic nitrogens is 4. The first-order valence-corrected chi connectivity index (χ1v) is 9.14. The zero-order valence-electron chi connectivity index (χ0n) is 15.1. The van der Waals surface area contributed by atoms with E-state index in [1.165, 1.54) is 11.6 Å². The van der Waals surface area contributed by atoms with Crippen LogP contribution in [0, 0.1) is 0 Å². The minimum Gasteiger partial charge on any atom is -0.467 e. The number of hydrogen-bond acceptors (Lipinski definition) is 5. The number of nitrogens with zero attached hydrogens (tertiary/aromatic N) is 4. The molecule has 9 heteroatoms. The fourth-order valence-electron chi connectivity index (χ4n) is 3.66. The maximum Gasteiger partial charge on any atom is 0.422 e. The van der Waals surface area contributed by atoms with Gasteiger partial charge >= 0.3 is 6.18 Å². The first-order valence-electron chi connectivity index (χ1n) is 9.14. The zero-order chi connectivity index (χ0) is 19.6. The number of ether oxygens (including phenoxy) is 1. The molecule has 0 aliphatic carbocycles. The Balaban J connectivity index is 1.39. The van der Waals surface area contributed by atoms with E-state index in [0.29, 0.717) is 18.2 Å². The molecule has 1 N–H and O–H groups in total. The maximum absolute atomic E-state index is 12.2. The number of likely N-dealkylation sites (tertiary alicyclic amines) is 1. The summed E-state index contributed by atoms with van der Waals surface area (Å²) in [4.78, 5) is 9.88. The lowest BCUT2D eigenvalue weighted by Crippen LogP contribution is -2.34. The third-order valence-electron chi connectivity index (χ3n) is 4.89. The molecule has 1 atom stereocenters. The van der Waals surface area contributed by atoms with E-state index in [2.05, 4.69) is 35.9 Å². The highest BCUT2D eigenvalue weighted by atomic mass is 19.4. The number of aromatic amines is 1. The monoisotopic (exact) mass is 391 g/mol. The summed E-state index contributed by atoms with van der Waals surface area (Å²) in [5.74, 6) is 0.276. The maximum atomic E-state index is 12.2. The minimum absolute atomic E-state index is 0.121. The molecule has 0 bridgehead atoms. The van der Waals surface area contributed by atoms with E-state index in [-0.39, 0.29) is 5.88 Å². The van der Waals surface area contributed by atoms with Crippen molar-refractivity contribution in [3.63, 3.8) is 0 Å². The summed E-state index contributed by atoms with van der Waals surface area (Å²) in [7, 11) is 0. The largest absolute Gasteiger partial charge is 0.467 e. The van der Waals surface area contributed by atoms with Gasteiger partial charge in [0.1, 0.15) is 5.65 Å². The second-order valence-corrected chi connectivity index (χ2v) is 6.98. The fourth-order valence-corrected chi connectivity index (χ4v) is 3.66. The van der Waals surface area contributed by atoms with Gasteiger partial charge in [0, 0.05) is 36.9 Å². The molecule has 1 fully saturated rings. The summed E-state index contributed by atoms with van der Waals surface area (Å²) in [6, 6.07) is 7.12. The molecule has 28 heavy (non-hydrogen) atoms. The molecular weight excluding hydrogens is 371 g/mol. The van der Waals surface area contributed by atoms with Gasteiger partial charge in [-0.05, 0) is 49.1 Å². The fraction of sp³-hybridized carbons (Fsp3) is 0.421. The third-order valence-corrected chi connectivity index (χ3v) is 4.89. The van der Waals surface area contributed by atoms with E-state index in [1.54, 1.807) is 12.3 Å². The average molecular weight is 391 g/mol. The van der Waals surface area contributed by atoms with E-state index in [9.17, 15) is 13.2 Å². The van der Waals surface area contributed by atoms with Gasteiger partial charge in [0.05, 0.1) is 5.69 Å². The highest BCUT2D eigenvalue weighted by molar-refractivity contribution is 5.80. The molecule has 0 spiro atoms. The summed E-state index contributed by atoms with van der Waals surface area (Å²) in [6.45, 7) is 1.07. The van der Waals surface area contributed by atoms with Crippen molar-refractivity contribution in [2.24, 2.45) is 0 Å². The van der Waals surface area contributed by atoms with Gasteiger partial charge in [-0.25, -0.2) is 4.98 Å². The van der Waals surface area contributed by atoms with Crippen molar-refractivity contribution in [3.05, 3.63) is 47.9 Å². The first kappa shape index (κ1) is 18.7. The minimum atomic E-state index is -4.39. The quantitative estimate of drug-likeness (QED) is 0.719. The highest BCUT2D eigenvalue weighted by Gasteiger charge is 2.29. The molecule has 3 aromatic rings.